The fraction of sp³-hybridized carbons (Fsp3) is 0.100. The number of nitro groups is 1. The molecule has 0 fully saturated rings. The Labute approximate surface area is 85.5 Å². The second-order valence-electron chi connectivity index (χ2n) is 3.07. The molecular formula is C10H8N2O3. The van der Waals surface area contributed by atoms with Crippen LogP contribution in [0.15, 0.2) is 23.2 Å². The lowest BCUT2D eigenvalue weighted by Gasteiger charge is -2.03. The van der Waals surface area contributed by atoms with E-state index >= 15 is 0 Å². The van der Waals surface area contributed by atoms with E-state index in [-0.39, 0.29) is 17.1 Å². The number of nitrogens with zero attached hydrogens (tertiary/aromatic N) is 2. The normalized spacial score (nSPS) is 13.3. The largest absolute Gasteiger partial charge is 0.506 e. The molecule has 76 valence electrons. The highest BCUT2D eigenvalue weighted by molar-refractivity contribution is 5.83. The van der Waals surface area contributed by atoms with Crippen LogP contribution in [-0.2, 0) is 0 Å². The average Bonchev–Trinajstić information content (AvgIpc) is 2.43. The summed E-state index contributed by atoms with van der Waals surface area (Å²) in [6.45, 7) is 0. The van der Waals surface area contributed by atoms with Crippen LogP contribution in [0.5, 0.6) is 5.75 Å². The van der Waals surface area contributed by atoms with Gasteiger partial charge in [0, 0.05) is 18.7 Å². The molecule has 0 saturated carbocycles. The maximum atomic E-state index is 10.7. The fourth-order valence-corrected chi connectivity index (χ4v) is 1.44. The van der Waals surface area contributed by atoms with Crippen molar-refractivity contribution in [3.63, 3.8) is 0 Å². The Morgan fingerprint density at radius 3 is 3.00 bits per heavy atom. The predicted molar refractivity (Wildman–Crippen MR) is 56.6 cm³/mol. The van der Waals surface area contributed by atoms with Crippen molar-refractivity contribution >= 4 is 23.7 Å². The van der Waals surface area contributed by atoms with Gasteiger partial charge in [-0.2, -0.15) is 0 Å². The predicted octanol–water partition coefficient (Wildman–Crippen LogP) is 2.42. The summed E-state index contributed by atoms with van der Waals surface area (Å²) in [6.07, 6.45) is 5.58. The first kappa shape index (κ1) is 9.39. The molecule has 0 radical (unpaired) electrons. The molecule has 0 spiro atoms. The van der Waals surface area contributed by atoms with E-state index in [2.05, 4.69) is 4.99 Å². The number of allylic oxidation sites excluding steroid dienone is 1. The zero-order valence-electron chi connectivity index (χ0n) is 7.75. The molecule has 0 amide bonds. The van der Waals surface area contributed by atoms with Gasteiger partial charge < -0.3 is 5.11 Å². The zero-order chi connectivity index (χ0) is 10.8. The van der Waals surface area contributed by atoms with Crippen molar-refractivity contribution in [2.24, 2.45) is 4.99 Å². The van der Waals surface area contributed by atoms with Crippen molar-refractivity contribution in [3.05, 3.63) is 33.9 Å². The minimum absolute atomic E-state index is 0.0431. The first-order valence-corrected chi connectivity index (χ1v) is 4.39. The number of hydrogen-bond acceptors (Lipinski definition) is 4. The summed E-state index contributed by atoms with van der Waals surface area (Å²) in [5.74, 6) is -0.0431. The molecule has 2 rings (SSSR count). The molecule has 1 N–H and O–H groups in total. The van der Waals surface area contributed by atoms with E-state index in [1.54, 1.807) is 18.4 Å². The molecule has 5 heteroatoms. The number of rotatable bonds is 1. The second-order valence-corrected chi connectivity index (χ2v) is 3.07. The Kier molecular flexibility index (Phi) is 2.21. The summed E-state index contributed by atoms with van der Waals surface area (Å²) in [6, 6.07) is 2.56. The van der Waals surface area contributed by atoms with Gasteiger partial charge in [0.05, 0.1) is 10.5 Å². The van der Waals surface area contributed by atoms with Crippen LogP contribution < -0.4 is 0 Å². The summed E-state index contributed by atoms with van der Waals surface area (Å²) in [5, 5.41) is 20.3. The van der Waals surface area contributed by atoms with Gasteiger partial charge in [0.15, 0.2) is 0 Å². The number of benzene rings is 1. The molecule has 15 heavy (non-hydrogen) atoms. The van der Waals surface area contributed by atoms with Gasteiger partial charge in [0.25, 0.3) is 5.69 Å². The molecule has 0 aromatic heterocycles. The summed E-state index contributed by atoms with van der Waals surface area (Å²) in [4.78, 5) is 14.2. The van der Waals surface area contributed by atoms with Crippen molar-refractivity contribution in [1.29, 1.82) is 0 Å². The summed E-state index contributed by atoms with van der Waals surface area (Å²) < 4.78 is 0. The molecule has 1 aliphatic rings. The van der Waals surface area contributed by atoms with Gasteiger partial charge in [-0.3, -0.25) is 15.1 Å². The van der Waals surface area contributed by atoms with Gasteiger partial charge in [-0.1, -0.05) is 6.08 Å². The first-order valence-electron chi connectivity index (χ1n) is 4.39. The van der Waals surface area contributed by atoms with Crippen molar-refractivity contribution in [3.8, 4) is 5.75 Å². The van der Waals surface area contributed by atoms with E-state index in [0.29, 0.717) is 12.0 Å². The zero-order valence-corrected chi connectivity index (χ0v) is 7.75. The Morgan fingerprint density at radius 1 is 1.47 bits per heavy atom. The number of hydrogen-bond donors (Lipinski definition) is 1. The van der Waals surface area contributed by atoms with Gasteiger partial charge in [0.1, 0.15) is 11.4 Å². The lowest BCUT2D eigenvalue weighted by atomic mass is 10.1. The summed E-state index contributed by atoms with van der Waals surface area (Å²) in [7, 11) is 0. The Balaban J connectivity index is 2.73. The van der Waals surface area contributed by atoms with Gasteiger partial charge in [0.2, 0.25) is 0 Å². The fourth-order valence-electron chi connectivity index (χ4n) is 1.44. The van der Waals surface area contributed by atoms with Crippen LogP contribution in [0.4, 0.5) is 11.4 Å². The van der Waals surface area contributed by atoms with Crippen molar-refractivity contribution in [2.75, 3.05) is 0 Å². The molecule has 5 nitrogen and oxygen atoms in total. The molecule has 0 atom stereocenters. The van der Waals surface area contributed by atoms with Crippen LogP contribution in [0, 0.1) is 10.1 Å². The number of phenolic OH excluding ortho intramolecular Hbond substituents is 1. The molecule has 1 aromatic carbocycles. The quantitative estimate of drug-likeness (QED) is 0.563. The minimum atomic E-state index is -0.483. The maximum Gasteiger partial charge on any atom is 0.279 e. The highest BCUT2D eigenvalue weighted by Gasteiger charge is 2.18. The number of aliphatic imine (C=N–C) groups is 1. The lowest BCUT2D eigenvalue weighted by Crippen LogP contribution is -1.91. The van der Waals surface area contributed by atoms with Crippen LogP contribution in [-0.4, -0.2) is 16.2 Å². The topological polar surface area (TPSA) is 75.7 Å². The van der Waals surface area contributed by atoms with Crippen molar-refractivity contribution in [2.45, 2.75) is 6.42 Å². The number of phenols is 1. The molecular weight excluding hydrogens is 196 g/mol. The second kappa shape index (κ2) is 3.53. The maximum absolute atomic E-state index is 10.7. The Morgan fingerprint density at radius 2 is 2.27 bits per heavy atom. The lowest BCUT2D eigenvalue weighted by molar-refractivity contribution is -0.385. The van der Waals surface area contributed by atoms with E-state index in [0.717, 1.165) is 0 Å². The van der Waals surface area contributed by atoms with Crippen LogP contribution in [0.25, 0.3) is 6.08 Å². The number of aromatic hydroxyl groups is 1. The van der Waals surface area contributed by atoms with Gasteiger partial charge in [-0.15, -0.1) is 0 Å². The standard InChI is InChI=1S/C10H8N2O3/c13-9-5-4-8(12(14)15)7-3-1-2-6-11-10(7)9/h1,3-6,13H,2H2. The van der Waals surface area contributed by atoms with Gasteiger partial charge in [-0.25, -0.2) is 0 Å². The SMILES string of the molecule is O=[N+]([O-])c1ccc(O)c2c1C=CCC=N2. The Hall–Kier alpha value is -2.17. The molecule has 1 aromatic rings. The molecule has 0 aliphatic carbocycles. The van der Waals surface area contributed by atoms with E-state index in [1.807, 2.05) is 0 Å². The van der Waals surface area contributed by atoms with Crippen molar-refractivity contribution in [1.82, 2.24) is 0 Å². The average molecular weight is 204 g/mol. The third-order valence-electron chi connectivity index (χ3n) is 2.12. The third-order valence-corrected chi connectivity index (χ3v) is 2.12. The summed E-state index contributed by atoms with van der Waals surface area (Å²) in [5.41, 5.74) is 0.574. The molecule has 0 bridgehead atoms. The monoisotopic (exact) mass is 204 g/mol. The Bertz CT molecular complexity index is 478. The molecule has 0 unspecified atom stereocenters. The van der Waals surface area contributed by atoms with Crippen LogP contribution in [0.1, 0.15) is 12.0 Å². The highest BCUT2D eigenvalue weighted by Crippen LogP contribution is 2.38. The van der Waals surface area contributed by atoms with E-state index in [4.69, 9.17) is 0 Å². The van der Waals surface area contributed by atoms with Crippen LogP contribution in [0.3, 0.4) is 0 Å². The molecule has 0 saturated heterocycles. The molecule has 1 aliphatic heterocycles. The van der Waals surface area contributed by atoms with Gasteiger partial charge in [-0.05, 0) is 12.1 Å². The van der Waals surface area contributed by atoms with Crippen molar-refractivity contribution < 1.29 is 10.0 Å². The van der Waals surface area contributed by atoms with Crippen LogP contribution >= 0.6 is 0 Å². The highest BCUT2D eigenvalue weighted by atomic mass is 16.6. The van der Waals surface area contributed by atoms with E-state index in [9.17, 15) is 15.2 Å². The summed E-state index contributed by atoms with van der Waals surface area (Å²) >= 11 is 0. The van der Waals surface area contributed by atoms with E-state index < -0.39 is 4.92 Å². The number of fused-ring (bicyclic) bond motifs is 1. The van der Waals surface area contributed by atoms with Crippen LogP contribution in [0.2, 0.25) is 0 Å². The number of nitro benzene ring substituents is 1. The van der Waals surface area contributed by atoms with E-state index in [1.165, 1.54) is 12.1 Å². The van der Waals surface area contributed by atoms with Gasteiger partial charge >= 0.3 is 0 Å². The minimum Gasteiger partial charge on any atom is -0.506 e. The molecule has 1 heterocycles. The first-order chi connectivity index (χ1) is 7.20. The smallest absolute Gasteiger partial charge is 0.279 e. The third kappa shape index (κ3) is 1.59.